The average molecular weight is 265 g/mol. The Morgan fingerprint density at radius 1 is 1.32 bits per heavy atom. The molecule has 1 heterocycles. The fourth-order valence-electron chi connectivity index (χ4n) is 1.47. The highest BCUT2D eigenvalue weighted by Crippen LogP contribution is 2.21. The SMILES string of the molecule is O=C(O)c1cc(F)c(NCc2cccnn2)c(F)c1. The highest BCUT2D eigenvalue weighted by atomic mass is 19.1. The molecule has 0 radical (unpaired) electrons. The number of aromatic carboxylic acids is 1. The largest absolute Gasteiger partial charge is 0.478 e. The van der Waals surface area contributed by atoms with Crippen LogP contribution in [0.25, 0.3) is 0 Å². The summed E-state index contributed by atoms with van der Waals surface area (Å²) in [5.74, 6) is -3.33. The second-order valence-corrected chi connectivity index (χ2v) is 3.69. The van der Waals surface area contributed by atoms with Crippen molar-refractivity contribution in [1.82, 2.24) is 10.2 Å². The zero-order valence-electron chi connectivity index (χ0n) is 9.60. The van der Waals surface area contributed by atoms with Crippen molar-refractivity contribution in [2.24, 2.45) is 0 Å². The van der Waals surface area contributed by atoms with Gasteiger partial charge in [-0.1, -0.05) is 0 Å². The molecule has 98 valence electrons. The molecule has 0 bridgehead atoms. The molecule has 2 N–H and O–H groups in total. The number of carboxylic acid groups (broad SMARTS) is 1. The third kappa shape index (κ3) is 3.01. The van der Waals surface area contributed by atoms with E-state index in [1.165, 1.54) is 6.20 Å². The Hall–Kier alpha value is -2.57. The molecule has 0 amide bonds. The second kappa shape index (κ2) is 5.38. The number of nitrogens with zero attached hydrogens (tertiary/aromatic N) is 2. The van der Waals surface area contributed by atoms with Crippen LogP contribution in [0.15, 0.2) is 30.5 Å². The van der Waals surface area contributed by atoms with Gasteiger partial charge in [0.25, 0.3) is 0 Å². The van der Waals surface area contributed by atoms with Crippen LogP contribution in [-0.2, 0) is 6.54 Å². The lowest BCUT2D eigenvalue weighted by Crippen LogP contribution is -2.08. The zero-order valence-corrected chi connectivity index (χ0v) is 9.60. The summed E-state index contributed by atoms with van der Waals surface area (Å²) in [6.07, 6.45) is 1.48. The van der Waals surface area contributed by atoms with Gasteiger partial charge in [0.1, 0.15) is 17.3 Å². The minimum absolute atomic E-state index is 0.0775. The third-order valence-corrected chi connectivity index (χ3v) is 2.36. The molecule has 2 rings (SSSR count). The van der Waals surface area contributed by atoms with E-state index in [4.69, 9.17) is 5.11 Å². The number of aromatic nitrogens is 2. The standard InChI is InChI=1S/C12H9F2N3O2/c13-9-4-7(12(18)19)5-10(14)11(9)15-6-8-2-1-3-16-17-8/h1-5,15H,6H2,(H,18,19). The summed E-state index contributed by atoms with van der Waals surface area (Å²) in [5.41, 5.74) is -0.334. The van der Waals surface area contributed by atoms with Crippen molar-refractivity contribution in [2.45, 2.75) is 6.54 Å². The molecule has 0 aliphatic carbocycles. The van der Waals surface area contributed by atoms with Crippen molar-refractivity contribution in [1.29, 1.82) is 0 Å². The van der Waals surface area contributed by atoms with Gasteiger partial charge in [0.2, 0.25) is 0 Å². The first kappa shape index (κ1) is 12.9. The van der Waals surface area contributed by atoms with Gasteiger partial charge in [-0.2, -0.15) is 10.2 Å². The van der Waals surface area contributed by atoms with Gasteiger partial charge in [0.05, 0.1) is 17.8 Å². The van der Waals surface area contributed by atoms with E-state index in [-0.39, 0.29) is 6.54 Å². The molecule has 0 spiro atoms. The van der Waals surface area contributed by atoms with Crippen molar-refractivity contribution in [3.8, 4) is 0 Å². The van der Waals surface area contributed by atoms with E-state index < -0.39 is 28.9 Å². The maximum Gasteiger partial charge on any atom is 0.335 e. The van der Waals surface area contributed by atoms with Crippen LogP contribution in [0.5, 0.6) is 0 Å². The molecule has 0 saturated carbocycles. The summed E-state index contributed by atoms with van der Waals surface area (Å²) in [5, 5.41) is 18.6. The molecular weight excluding hydrogens is 256 g/mol. The number of halogens is 2. The van der Waals surface area contributed by atoms with E-state index >= 15 is 0 Å². The minimum Gasteiger partial charge on any atom is -0.478 e. The summed E-state index contributed by atoms with van der Waals surface area (Å²) in [6.45, 7) is 0.0775. The monoisotopic (exact) mass is 265 g/mol. The van der Waals surface area contributed by atoms with Crippen molar-refractivity contribution in [3.63, 3.8) is 0 Å². The van der Waals surface area contributed by atoms with Crippen LogP contribution in [0.2, 0.25) is 0 Å². The van der Waals surface area contributed by atoms with Gasteiger partial charge in [0, 0.05) is 6.20 Å². The van der Waals surface area contributed by atoms with Crippen molar-refractivity contribution >= 4 is 11.7 Å². The van der Waals surface area contributed by atoms with Crippen LogP contribution in [0.4, 0.5) is 14.5 Å². The van der Waals surface area contributed by atoms with Crippen LogP contribution in [0.3, 0.4) is 0 Å². The van der Waals surface area contributed by atoms with Crippen molar-refractivity contribution < 1.29 is 18.7 Å². The van der Waals surface area contributed by atoms with E-state index in [1.54, 1.807) is 12.1 Å². The quantitative estimate of drug-likeness (QED) is 0.885. The highest BCUT2D eigenvalue weighted by molar-refractivity contribution is 5.88. The lowest BCUT2D eigenvalue weighted by molar-refractivity contribution is 0.0696. The van der Waals surface area contributed by atoms with Gasteiger partial charge < -0.3 is 10.4 Å². The molecule has 19 heavy (non-hydrogen) atoms. The van der Waals surface area contributed by atoms with E-state index in [2.05, 4.69) is 15.5 Å². The molecule has 0 aliphatic rings. The molecule has 5 nitrogen and oxygen atoms in total. The number of hydrogen-bond donors (Lipinski definition) is 2. The first-order valence-electron chi connectivity index (χ1n) is 5.30. The van der Waals surface area contributed by atoms with Crippen molar-refractivity contribution in [2.75, 3.05) is 5.32 Å². The summed E-state index contributed by atoms with van der Waals surface area (Å²) < 4.78 is 27.1. The van der Waals surface area contributed by atoms with Crippen molar-refractivity contribution in [3.05, 3.63) is 53.4 Å². The molecule has 1 aromatic heterocycles. The zero-order chi connectivity index (χ0) is 13.8. The van der Waals surface area contributed by atoms with Crippen LogP contribution >= 0.6 is 0 Å². The van der Waals surface area contributed by atoms with E-state index in [1.807, 2.05) is 0 Å². The molecule has 2 aromatic rings. The second-order valence-electron chi connectivity index (χ2n) is 3.69. The topological polar surface area (TPSA) is 75.1 Å². The number of nitrogens with one attached hydrogen (secondary N) is 1. The lowest BCUT2D eigenvalue weighted by Gasteiger charge is -2.08. The lowest BCUT2D eigenvalue weighted by atomic mass is 10.2. The summed E-state index contributed by atoms with van der Waals surface area (Å²) in [6, 6.07) is 4.79. The normalized spacial score (nSPS) is 10.2. The van der Waals surface area contributed by atoms with Crippen LogP contribution in [0.1, 0.15) is 16.1 Å². The van der Waals surface area contributed by atoms with Crippen LogP contribution in [-0.4, -0.2) is 21.3 Å². The van der Waals surface area contributed by atoms with Gasteiger partial charge in [-0.15, -0.1) is 0 Å². The Morgan fingerprint density at radius 3 is 2.53 bits per heavy atom. The van der Waals surface area contributed by atoms with Gasteiger partial charge in [-0.25, -0.2) is 13.6 Å². The average Bonchev–Trinajstić information content (AvgIpc) is 2.38. The number of benzene rings is 1. The third-order valence-electron chi connectivity index (χ3n) is 2.36. The number of rotatable bonds is 4. The Labute approximate surface area is 106 Å². The molecule has 0 fully saturated rings. The predicted octanol–water partition coefficient (Wildman–Crippen LogP) is 2.07. The fourth-order valence-corrected chi connectivity index (χ4v) is 1.47. The number of carbonyl (C=O) groups is 1. The molecule has 0 atom stereocenters. The van der Waals surface area contributed by atoms with Crippen LogP contribution < -0.4 is 5.32 Å². The predicted molar refractivity (Wildman–Crippen MR) is 62.7 cm³/mol. The molecule has 7 heteroatoms. The Kier molecular flexibility index (Phi) is 3.65. The Bertz CT molecular complexity index is 582. The smallest absolute Gasteiger partial charge is 0.335 e. The molecule has 1 aromatic carbocycles. The fraction of sp³-hybridized carbons (Fsp3) is 0.0833. The van der Waals surface area contributed by atoms with Gasteiger partial charge in [0.15, 0.2) is 0 Å². The Balaban J connectivity index is 2.19. The highest BCUT2D eigenvalue weighted by Gasteiger charge is 2.14. The van der Waals surface area contributed by atoms with Gasteiger partial charge in [-0.05, 0) is 24.3 Å². The summed E-state index contributed by atoms with van der Waals surface area (Å²) >= 11 is 0. The number of anilines is 1. The number of hydrogen-bond acceptors (Lipinski definition) is 4. The van der Waals surface area contributed by atoms with E-state index in [0.29, 0.717) is 5.69 Å². The molecule has 0 aliphatic heterocycles. The van der Waals surface area contributed by atoms with E-state index in [9.17, 15) is 13.6 Å². The summed E-state index contributed by atoms with van der Waals surface area (Å²) in [4.78, 5) is 10.6. The van der Waals surface area contributed by atoms with E-state index in [0.717, 1.165) is 12.1 Å². The number of carboxylic acids is 1. The Morgan fingerprint density at radius 2 is 2.00 bits per heavy atom. The molecule has 0 saturated heterocycles. The summed E-state index contributed by atoms with van der Waals surface area (Å²) in [7, 11) is 0. The first-order chi connectivity index (χ1) is 9.08. The maximum atomic E-state index is 13.6. The first-order valence-corrected chi connectivity index (χ1v) is 5.30. The molecule has 0 unspecified atom stereocenters. The van der Waals surface area contributed by atoms with Crippen LogP contribution in [0, 0.1) is 11.6 Å². The maximum absolute atomic E-state index is 13.6. The minimum atomic E-state index is -1.39. The van der Waals surface area contributed by atoms with Gasteiger partial charge >= 0.3 is 5.97 Å². The van der Waals surface area contributed by atoms with Gasteiger partial charge in [-0.3, -0.25) is 0 Å². The molecular formula is C12H9F2N3O2.